The zero-order valence-corrected chi connectivity index (χ0v) is 14.9. The van der Waals surface area contributed by atoms with Crippen LogP contribution in [-0.4, -0.2) is 33.2 Å². The fourth-order valence-corrected chi connectivity index (χ4v) is 3.15. The molecule has 1 aliphatic heterocycles. The average Bonchev–Trinajstić information content (AvgIpc) is 3.15. The minimum atomic E-state index is -0.477. The van der Waals surface area contributed by atoms with E-state index in [1.165, 1.54) is 0 Å². The van der Waals surface area contributed by atoms with Crippen LogP contribution in [0.1, 0.15) is 18.5 Å². The molecule has 4 rings (SSSR count). The van der Waals surface area contributed by atoms with Crippen molar-refractivity contribution in [2.45, 2.75) is 13.0 Å². The third kappa shape index (κ3) is 3.12. The molecule has 0 aliphatic carbocycles. The molecule has 1 aromatic heterocycles. The SMILES string of the molecule is COc1cccc([C@@H]2C(C(=O)Nc3ccccc3)=C(C)Nc3nnnn32)c1. The molecule has 0 spiro atoms. The first-order valence-electron chi connectivity index (χ1n) is 8.43. The molecule has 2 heterocycles. The van der Waals surface area contributed by atoms with Crippen molar-refractivity contribution in [1.29, 1.82) is 0 Å². The second kappa shape index (κ2) is 6.91. The molecule has 2 N–H and O–H groups in total. The monoisotopic (exact) mass is 362 g/mol. The number of anilines is 2. The van der Waals surface area contributed by atoms with Gasteiger partial charge in [-0.25, -0.2) is 0 Å². The Labute approximate surface area is 155 Å². The number of carbonyl (C=O) groups excluding carboxylic acids is 1. The number of para-hydroxylation sites is 1. The molecule has 1 atom stereocenters. The van der Waals surface area contributed by atoms with Gasteiger partial charge in [-0.3, -0.25) is 4.79 Å². The first-order valence-corrected chi connectivity index (χ1v) is 8.43. The summed E-state index contributed by atoms with van der Waals surface area (Å²) in [6, 6.07) is 16.4. The van der Waals surface area contributed by atoms with Crippen LogP contribution in [0.25, 0.3) is 0 Å². The predicted molar refractivity (Wildman–Crippen MR) is 100 cm³/mol. The largest absolute Gasteiger partial charge is 0.497 e. The van der Waals surface area contributed by atoms with Gasteiger partial charge in [0, 0.05) is 11.4 Å². The quantitative estimate of drug-likeness (QED) is 0.741. The molecule has 1 amide bonds. The van der Waals surface area contributed by atoms with Crippen molar-refractivity contribution < 1.29 is 9.53 Å². The minimum absolute atomic E-state index is 0.222. The van der Waals surface area contributed by atoms with E-state index in [0.29, 0.717) is 23.0 Å². The third-order valence-corrected chi connectivity index (χ3v) is 4.40. The Hall–Kier alpha value is -3.68. The zero-order valence-electron chi connectivity index (χ0n) is 14.9. The number of carbonyl (C=O) groups is 1. The molecule has 27 heavy (non-hydrogen) atoms. The molecule has 8 nitrogen and oxygen atoms in total. The van der Waals surface area contributed by atoms with Crippen LogP contribution < -0.4 is 15.4 Å². The lowest BCUT2D eigenvalue weighted by molar-refractivity contribution is -0.113. The van der Waals surface area contributed by atoms with Gasteiger partial charge in [0.1, 0.15) is 11.8 Å². The Bertz CT molecular complexity index is 1010. The topological polar surface area (TPSA) is 94.0 Å². The molecule has 1 aliphatic rings. The Morgan fingerprint density at radius 1 is 1.19 bits per heavy atom. The molecule has 0 radical (unpaired) electrons. The van der Waals surface area contributed by atoms with Crippen LogP contribution >= 0.6 is 0 Å². The number of rotatable bonds is 4. The number of amides is 1. The van der Waals surface area contributed by atoms with Gasteiger partial charge in [0.25, 0.3) is 5.91 Å². The molecular formula is C19H18N6O2. The highest BCUT2D eigenvalue weighted by atomic mass is 16.5. The van der Waals surface area contributed by atoms with E-state index in [1.807, 2.05) is 61.5 Å². The van der Waals surface area contributed by atoms with Crippen molar-refractivity contribution in [2.75, 3.05) is 17.7 Å². The lowest BCUT2D eigenvalue weighted by atomic mass is 9.95. The van der Waals surface area contributed by atoms with Crippen LogP contribution in [0.5, 0.6) is 5.75 Å². The van der Waals surface area contributed by atoms with Crippen LogP contribution in [0.15, 0.2) is 65.9 Å². The normalized spacial score (nSPS) is 15.7. The minimum Gasteiger partial charge on any atom is -0.497 e. The maximum absolute atomic E-state index is 13.1. The number of tetrazole rings is 1. The number of nitrogens with one attached hydrogen (secondary N) is 2. The number of aromatic nitrogens is 4. The second-order valence-corrected chi connectivity index (χ2v) is 6.11. The molecule has 0 fully saturated rings. The van der Waals surface area contributed by atoms with Gasteiger partial charge in [-0.05, 0) is 47.2 Å². The smallest absolute Gasteiger partial charge is 0.255 e. The summed E-state index contributed by atoms with van der Waals surface area (Å²) in [4.78, 5) is 13.1. The highest BCUT2D eigenvalue weighted by molar-refractivity contribution is 6.06. The van der Waals surface area contributed by atoms with Crippen LogP contribution in [-0.2, 0) is 4.79 Å². The second-order valence-electron chi connectivity index (χ2n) is 6.11. The van der Waals surface area contributed by atoms with E-state index in [0.717, 1.165) is 11.3 Å². The highest BCUT2D eigenvalue weighted by Crippen LogP contribution is 2.35. The average molecular weight is 362 g/mol. The number of fused-ring (bicyclic) bond motifs is 1. The Morgan fingerprint density at radius 3 is 2.78 bits per heavy atom. The molecule has 0 saturated carbocycles. The number of hydrogen-bond donors (Lipinski definition) is 2. The predicted octanol–water partition coefficient (Wildman–Crippen LogP) is 2.61. The fraction of sp³-hybridized carbons (Fsp3) is 0.158. The van der Waals surface area contributed by atoms with Crippen LogP contribution in [0, 0.1) is 0 Å². The van der Waals surface area contributed by atoms with E-state index < -0.39 is 6.04 Å². The third-order valence-electron chi connectivity index (χ3n) is 4.40. The van der Waals surface area contributed by atoms with Crippen molar-refractivity contribution in [3.8, 4) is 5.75 Å². The van der Waals surface area contributed by atoms with Gasteiger partial charge in [0.2, 0.25) is 5.95 Å². The number of ether oxygens (including phenoxy) is 1. The maximum Gasteiger partial charge on any atom is 0.255 e. The highest BCUT2D eigenvalue weighted by Gasteiger charge is 2.34. The summed E-state index contributed by atoms with van der Waals surface area (Å²) in [5.74, 6) is 0.956. The van der Waals surface area contributed by atoms with Gasteiger partial charge in [0.05, 0.1) is 12.7 Å². The maximum atomic E-state index is 13.1. The van der Waals surface area contributed by atoms with Gasteiger partial charge in [-0.2, -0.15) is 4.68 Å². The number of methoxy groups -OCH3 is 1. The summed E-state index contributed by atoms with van der Waals surface area (Å²) in [5.41, 5.74) is 2.79. The van der Waals surface area contributed by atoms with E-state index in [1.54, 1.807) is 11.8 Å². The molecule has 2 aromatic carbocycles. The van der Waals surface area contributed by atoms with Crippen molar-refractivity contribution in [1.82, 2.24) is 20.2 Å². The first kappa shape index (κ1) is 16.8. The molecule has 0 bridgehead atoms. The van der Waals surface area contributed by atoms with E-state index >= 15 is 0 Å². The molecule has 8 heteroatoms. The van der Waals surface area contributed by atoms with Crippen molar-refractivity contribution in [3.05, 3.63) is 71.4 Å². The lowest BCUT2D eigenvalue weighted by Gasteiger charge is -2.28. The lowest BCUT2D eigenvalue weighted by Crippen LogP contribution is -2.31. The summed E-state index contributed by atoms with van der Waals surface area (Å²) >= 11 is 0. The van der Waals surface area contributed by atoms with Crippen molar-refractivity contribution in [2.24, 2.45) is 0 Å². The Morgan fingerprint density at radius 2 is 2.00 bits per heavy atom. The van der Waals surface area contributed by atoms with E-state index in [9.17, 15) is 4.79 Å². The first-order chi connectivity index (χ1) is 13.2. The zero-order chi connectivity index (χ0) is 18.8. The van der Waals surface area contributed by atoms with Crippen LogP contribution in [0.3, 0.4) is 0 Å². The van der Waals surface area contributed by atoms with E-state index in [4.69, 9.17) is 4.74 Å². The molecule has 3 aromatic rings. The summed E-state index contributed by atoms with van der Waals surface area (Å²) in [6.07, 6.45) is 0. The molecule has 136 valence electrons. The molecule has 0 unspecified atom stereocenters. The summed E-state index contributed by atoms with van der Waals surface area (Å²) < 4.78 is 6.94. The number of allylic oxidation sites excluding steroid dienone is 1. The molecule has 0 saturated heterocycles. The van der Waals surface area contributed by atoms with Crippen LogP contribution in [0.4, 0.5) is 11.6 Å². The fourth-order valence-electron chi connectivity index (χ4n) is 3.15. The van der Waals surface area contributed by atoms with Gasteiger partial charge in [-0.1, -0.05) is 35.4 Å². The van der Waals surface area contributed by atoms with E-state index in [2.05, 4.69) is 26.2 Å². The van der Waals surface area contributed by atoms with Crippen LogP contribution in [0.2, 0.25) is 0 Å². The van der Waals surface area contributed by atoms with Gasteiger partial charge in [0.15, 0.2) is 0 Å². The van der Waals surface area contributed by atoms with Crippen molar-refractivity contribution in [3.63, 3.8) is 0 Å². The summed E-state index contributed by atoms with van der Waals surface area (Å²) in [6.45, 7) is 1.84. The molecular weight excluding hydrogens is 344 g/mol. The Balaban J connectivity index is 1.78. The number of nitrogens with zero attached hydrogens (tertiary/aromatic N) is 4. The summed E-state index contributed by atoms with van der Waals surface area (Å²) in [7, 11) is 1.61. The summed E-state index contributed by atoms with van der Waals surface area (Å²) in [5, 5.41) is 17.9. The number of hydrogen-bond acceptors (Lipinski definition) is 6. The van der Waals surface area contributed by atoms with Gasteiger partial charge >= 0.3 is 0 Å². The Kier molecular flexibility index (Phi) is 4.29. The van der Waals surface area contributed by atoms with Crippen molar-refractivity contribution >= 4 is 17.5 Å². The van der Waals surface area contributed by atoms with E-state index in [-0.39, 0.29) is 5.91 Å². The number of benzene rings is 2. The van der Waals surface area contributed by atoms with Gasteiger partial charge < -0.3 is 15.4 Å². The standard InChI is InChI=1S/C19H18N6O2/c1-12-16(18(26)21-14-8-4-3-5-9-14)17(25-19(20-12)22-23-24-25)13-7-6-10-15(11-13)27-2/h3-11,17H,1-2H3,(H,21,26)(H,20,22,24)/t17-/m1/s1. The van der Waals surface area contributed by atoms with Gasteiger partial charge in [-0.15, -0.1) is 0 Å².